The van der Waals surface area contributed by atoms with Gasteiger partial charge in [-0.25, -0.2) is 9.59 Å². The molecule has 21 heavy (non-hydrogen) atoms. The van der Waals surface area contributed by atoms with Gasteiger partial charge >= 0.3 is 12.0 Å². The summed E-state index contributed by atoms with van der Waals surface area (Å²) in [5, 5.41) is 13.8. The number of aliphatic carboxylic acids is 1. The number of urea groups is 1. The number of carboxylic acids is 1. The lowest BCUT2D eigenvalue weighted by atomic mass is 10.2. The first-order valence-electron chi connectivity index (χ1n) is 6.41. The average molecular weight is 313 g/mol. The van der Waals surface area contributed by atoms with Crippen LogP contribution in [-0.2, 0) is 16.0 Å². The number of carbonyl (C=O) groups is 3. The van der Waals surface area contributed by atoms with Crippen molar-refractivity contribution < 1.29 is 19.5 Å². The Hall–Kier alpha value is -2.09. The summed E-state index contributed by atoms with van der Waals surface area (Å²) in [4.78, 5) is 35.7. The van der Waals surface area contributed by atoms with E-state index >= 15 is 0 Å². The highest BCUT2D eigenvalue weighted by Gasteiger charge is 2.22. The molecule has 5 N–H and O–H groups in total. The van der Waals surface area contributed by atoms with Gasteiger partial charge in [0.2, 0.25) is 5.91 Å². The van der Waals surface area contributed by atoms with Crippen molar-refractivity contribution in [1.82, 2.24) is 10.6 Å². The van der Waals surface area contributed by atoms with Crippen LogP contribution in [0.25, 0.3) is 0 Å². The van der Waals surface area contributed by atoms with Gasteiger partial charge < -0.3 is 21.5 Å². The van der Waals surface area contributed by atoms with E-state index in [0.29, 0.717) is 6.42 Å². The predicted molar refractivity (Wildman–Crippen MR) is 79.1 cm³/mol. The van der Waals surface area contributed by atoms with Crippen molar-refractivity contribution in [3.63, 3.8) is 0 Å². The quantitative estimate of drug-likeness (QED) is 0.589. The number of nitrogens with one attached hydrogen (secondary N) is 2. The molecule has 1 rings (SSSR count). The molecule has 1 aromatic heterocycles. The number of nitrogens with two attached hydrogens (primary N) is 1. The van der Waals surface area contributed by atoms with E-state index < -0.39 is 30.4 Å². The van der Waals surface area contributed by atoms with Crippen molar-refractivity contribution in [2.45, 2.75) is 38.8 Å². The molecule has 0 saturated heterocycles. The van der Waals surface area contributed by atoms with Crippen molar-refractivity contribution >= 4 is 29.2 Å². The van der Waals surface area contributed by atoms with E-state index in [1.807, 2.05) is 26.0 Å². The third kappa shape index (κ3) is 6.26. The van der Waals surface area contributed by atoms with Crippen LogP contribution in [0, 0.1) is 6.92 Å². The molecular weight excluding hydrogens is 294 g/mol. The van der Waals surface area contributed by atoms with Crippen LogP contribution in [0.1, 0.15) is 23.1 Å². The number of thiophene rings is 1. The molecule has 116 valence electrons. The van der Waals surface area contributed by atoms with Crippen molar-refractivity contribution in [2.24, 2.45) is 5.73 Å². The van der Waals surface area contributed by atoms with Gasteiger partial charge in [-0.1, -0.05) is 0 Å². The Bertz CT molecular complexity index is 529. The Kier molecular flexibility index (Phi) is 6.16. The maximum atomic E-state index is 11.7. The SMILES string of the molecule is Cc1ccc(CC(C)NC(=O)N[C@H](CC(N)=O)C(=O)O)s1. The average Bonchev–Trinajstić information content (AvgIpc) is 2.72. The summed E-state index contributed by atoms with van der Waals surface area (Å²) in [5.74, 6) is -2.09. The lowest BCUT2D eigenvalue weighted by Crippen LogP contribution is -2.50. The van der Waals surface area contributed by atoms with Gasteiger partial charge in [-0.15, -0.1) is 11.3 Å². The zero-order valence-corrected chi connectivity index (χ0v) is 12.7. The fourth-order valence-electron chi connectivity index (χ4n) is 1.77. The standard InChI is InChI=1S/C13H19N3O4S/c1-7(5-9-4-3-8(2)21-9)15-13(20)16-10(12(18)19)6-11(14)17/h3-4,7,10H,5-6H2,1-2H3,(H2,14,17)(H,18,19)(H2,15,16,20)/t7?,10-/m1/s1. The number of amides is 3. The van der Waals surface area contributed by atoms with Crippen LogP contribution in [-0.4, -0.2) is 35.1 Å². The lowest BCUT2D eigenvalue weighted by molar-refractivity contribution is -0.140. The van der Waals surface area contributed by atoms with Gasteiger partial charge in [0.15, 0.2) is 0 Å². The monoisotopic (exact) mass is 313 g/mol. The van der Waals surface area contributed by atoms with Gasteiger partial charge in [0, 0.05) is 22.2 Å². The molecule has 8 heteroatoms. The minimum Gasteiger partial charge on any atom is -0.480 e. The van der Waals surface area contributed by atoms with Gasteiger partial charge in [0.05, 0.1) is 6.42 Å². The lowest BCUT2D eigenvalue weighted by Gasteiger charge is -2.17. The van der Waals surface area contributed by atoms with Gasteiger partial charge in [0.1, 0.15) is 6.04 Å². The van der Waals surface area contributed by atoms with E-state index in [1.165, 1.54) is 4.88 Å². The zero-order valence-electron chi connectivity index (χ0n) is 11.9. The predicted octanol–water partition coefficient (Wildman–Crippen LogP) is 0.615. The summed E-state index contributed by atoms with van der Waals surface area (Å²) in [6.07, 6.45) is 0.209. The molecule has 3 amide bonds. The van der Waals surface area contributed by atoms with Gasteiger partial charge in [-0.3, -0.25) is 4.79 Å². The third-order valence-electron chi connectivity index (χ3n) is 2.69. The van der Waals surface area contributed by atoms with E-state index in [9.17, 15) is 14.4 Å². The fourth-order valence-corrected chi connectivity index (χ4v) is 2.79. The molecule has 2 atom stereocenters. The van der Waals surface area contributed by atoms with E-state index in [2.05, 4.69) is 10.6 Å². The molecule has 0 aromatic carbocycles. The molecule has 1 heterocycles. The highest BCUT2D eigenvalue weighted by atomic mass is 32.1. The largest absolute Gasteiger partial charge is 0.480 e. The highest BCUT2D eigenvalue weighted by molar-refractivity contribution is 7.11. The van der Waals surface area contributed by atoms with Crippen molar-refractivity contribution in [3.8, 4) is 0 Å². The minimum absolute atomic E-state index is 0.161. The van der Waals surface area contributed by atoms with E-state index in [4.69, 9.17) is 10.8 Å². The van der Waals surface area contributed by atoms with Crippen LogP contribution in [0.3, 0.4) is 0 Å². The summed E-state index contributed by atoms with van der Waals surface area (Å²) >= 11 is 1.64. The van der Waals surface area contributed by atoms with Crippen LogP contribution in [0.15, 0.2) is 12.1 Å². The van der Waals surface area contributed by atoms with Crippen LogP contribution in [0.5, 0.6) is 0 Å². The maximum Gasteiger partial charge on any atom is 0.326 e. The molecule has 0 spiro atoms. The number of primary amides is 1. The Morgan fingerprint density at radius 2 is 2.00 bits per heavy atom. The first-order valence-corrected chi connectivity index (χ1v) is 7.23. The molecule has 0 saturated carbocycles. The molecule has 0 fully saturated rings. The first-order chi connectivity index (χ1) is 9.77. The number of carbonyl (C=O) groups excluding carboxylic acids is 2. The number of carboxylic acid groups (broad SMARTS) is 1. The molecule has 0 bridgehead atoms. The Morgan fingerprint density at radius 1 is 1.33 bits per heavy atom. The molecule has 7 nitrogen and oxygen atoms in total. The van der Waals surface area contributed by atoms with Crippen molar-refractivity contribution in [2.75, 3.05) is 0 Å². The van der Waals surface area contributed by atoms with Gasteiger partial charge in [0.25, 0.3) is 0 Å². The summed E-state index contributed by atoms with van der Waals surface area (Å²) in [5.41, 5.74) is 4.94. The molecule has 0 aliphatic heterocycles. The Labute approximate surface area is 126 Å². The molecule has 0 aliphatic carbocycles. The van der Waals surface area contributed by atoms with E-state index in [1.54, 1.807) is 11.3 Å². The van der Waals surface area contributed by atoms with Crippen LogP contribution in [0.4, 0.5) is 4.79 Å². The molecule has 0 aliphatic rings. The second-order valence-electron chi connectivity index (χ2n) is 4.80. The van der Waals surface area contributed by atoms with Crippen LogP contribution < -0.4 is 16.4 Å². The first kappa shape index (κ1) is 17.0. The molecule has 0 radical (unpaired) electrons. The Balaban J connectivity index is 2.47. The smallest absolute Gasteiger partial charge is 0.326 e. The highest BCUT2D eigenvalue weighted by Crippen LogP contribution is 2.16. The summed E-state index contributed by atoms with van der Waals surface area (Å²) < 4.78 is 0. The second kappa shape index (κ2) is 7.63. The summed E-state index contributed by atoms with van der Waals surface area (Å²) in [6.45, 7) is 3.82. The molecule has 1 aromatic rings. The maximum absolute atomic E-state index is 11.7. The number of hydrogen-bond donors (Lipinski definition) is 4. The third-order valence-corrected chi connectivity index (χ3v) is 3.71. The molecular formula is C13H19N3O4S. The fraction of sp³-hybridized carbons (Fsp3) is 0.462. The number of rotatable bonds is 7. The van der Waals surface area contributed by atoms with Gasteiger partial charge in [-0.05, 0) is 26.0 Å². The number of hydrogen-bond acceptors (Lipinski definition) is 4. The Morgan fingerprint density at radius 3 is 2.48 bits per heavy atom. The minimum atomic E-state index is -1.32. The van der Waals surface area contributed by atoms with E-state index in [-0.39, 0.29) is 6.04 Å². The van der Waals surface area contributed by atoms with Crippen molar-refractivity contribution in [1.29, 1.82) is 0 Å². The van der Waals surface area contributed by atoms with Crippen LogP contribution in [0.2, 0.25) is 0 Å². The number of aryl methyl sites for hydroxylation is 1. The van der Waals surface area contributed by atoms with Crippen LogP contribution >= 0.6 is 11.3 Å². The van der Waals surface area contributed by atoms with E-state index in [0.717, 1.165) is 4.88 Å². The normalized spacial score (nSPS) is 13.2. The zero-order chi connectivity index (χ0) is 16.0. The molecule has 1 unspecified atom stereocenters. The topological polar surface area (TPSA) is 122 Å². The van der Waals surface area contributed by atoms with Crippen molar-refractivity contribution in [3.05, 3.63) is 21.9 Å². The second-order valence-corrected chi connectivity index (χ2v) is 6.17. The van der Waals surface area contributed by atoms with Gasteiger partial charge in [-0.2, -0.15) is 0 Å². The summed E-state index contributed by atoms with van der Waals surface area (Å²) in [7, 11) is 0. The summed E-state index contributed by atoms with van der Waals surface area (Å²) in [6, 6.07) is 1.87.